The molecule has 1 aromatic rings. The van der Waals surface area contributed by atoms with Crippen molar-refractivity contribution in [3.8, 4) is 11.8 Å². The van der Waals surface area contributed by atoms with Crippen molar-refractivity contribution in [1.29, 1.82) is 5.26 Å². The Kier molecular flexibility index (Phi) is 4.64. The van der Waals surface area contributed by atoms with Gasteiger partial charge < -0.3 is 15.0 Å². The van der Waals surface area contributed by atoms with Crippen molar-refractivity contribution < 1.29 is 4.74 Å². The number of ether oxygens (including phenoxy) is 1. The molecule has 4 nitrogen and oxygen atoms in total. The number of methoxy groups -OCH3 is 1. The maximum atomic E-state index is 9.00. The third-order valence-electron chi connectivity index (χ3n) is 3.55. The van der Waals surface area contributed by atoms with Gasteiger partial charge in [0.1, 0.15) is 5.75 Å². The second-order valence-electron chi connectivity index (χ2n) is 5.13. The van der Waals surface area contributed by atoms with Crippen LogP contribution in [0.2, 0.25) is 0 Å². The third kappa shape index (κ3) is 3.39. The van der Waals surface area contributed by atoms with Crippen molar-refractivity contribution in [1.82, 2.24) is 5.32 Å². The first kappa shape index (κ1) is 13.7. The van der Waals surface area contributed by atoms with Crippen LogP contribution in [0.3, 0.4) is 0 Å². The fourth-order valence-corrected chi connectivity index (χ4v) is 2.53. The SMILES string of the molecule is COc1ccc(N2CC(C)CNCC2CC#N)cc1. The van der Waals surface area contributed by atoms with Crippen molar-refractivity contribution in [3.05, 3.63) is 24.3 Å². The van der Waals surface area contributed by atoms with Gasteiger partial charge in [-0.05, 0) is 36.7 Å². The summed E-state index contributed by atoms with van der Waals surface area (Å²) in [6.45, 7) is 5.09. The van der Waals surface area contributed by atoms with E-state index in [1.165, 1.54) is 0 Å². The molecule has 0 spiro atoms. The van der Waals surface area contributed by atoms with E-state index in [-0.39, 0.29) is 6.04 Å². The van der Waals surface area contributed by atoms with Gasteiger partial charge in [-0.2, -0.15) is 5.26 Å². The standard InChI is InChI=1S/C15H21N3O/c1-12-9-17-10-14(7-8-16)18(11-12)13-3-5-15(19-2)6-4-13/h3-6,12,14,17H,7,9-11H2,1-2H3. The van der Waals surface area contributed by atoms with E-state index in [2.05, 4.69) is 35.3 Å². The molecule has 1 aliphatic rings. The molecule has 0 amide bonds. The van der Waals surface area contributed by atoms with Crippen LogP contribution in [0.5, 0.6) is 5.75 Å². The number of nitrogens with zero attached hydrogens (tertiary/aromatic N) is 2. The fraction of sp³-hybridized carbons (Fsp3) is 0.533. The number of anilines is 1. The second kappa shape index (κ2) is 6.44. The van der Waals surface area contributed by atoms with Gasteiger partial charge in [0.25, 0.3) is 0 Å². The first-order valence-corrected chi connectivity index (χ1v) is 6.73. The van der Waals surface area contributed by atoms with E-state index < -0.39 is 0 Å². The number of nitriles is 1. The van der Waals surface area contributed by atoms with Crippen LogP contribution in [-0.4, -0.2) is 32.8 Å². The average Bonchev–Trinajstić information content (AvgIpc) is 2.61. The van der Waals surface area contributed by atoms with Crippen LogP contribution in [-0.2, 0) is 0 Å². The molecule has 1 saturated heterocycles. The minimum atomic E-state index is 0.239. The van der Waals surface area contributed by atoms with Crippen LogP contribution in [0.25, 0.3) is 0 Å². The zero-order valence-electron chi connectivity index (χ0n) is 11.6. The van der Waals surface area contributed by atoms with Crippen LogP contribution in [0, 0.1) is 17.2 Å². The highest BCUT2D eigenvalue weighted by Crippen LogP contribution is 2.24. The predicted molar refractivity (Wildman–Crippen MR) is 76.4 cm³/mol. The van der Waals surface area contributed by atoms with Crippen LogP contribution in [0.15, 0.2) is 24.3 Å². The molecule has 1 N–H and O–H groups in total. The lowest BCUT2D eigenvalue weighted by atomic mass is 10.1. The molecule has 2 unspecified atom stereocenters. The van der Waals surface area contributed by atoms with Gasteiger partial charge in [-0.1, -0.05) is 6.92 Å². The molecule has 0 radical (unpaired) electrons. The number of benzene rings is 1. The Labute approximate surface area is 115 Å². The maximum Gasteiger partial charge on any atom is 0.119 e. The summed E-state index contributed by atoms with van der Waals surface area (Å²) in [7, 11) is 1.67. The first-order valence-electron chi connectivity index (χ1n) is 6.73. The minimum absolute atomic E-state index is 0.239. The summed E-state index contributed by atoms with van der Waals surface area (Å²) < 4.78 is 5.19. The zero-order chi connectivity index (χ0) is 13.7. The van der Waals surface area contributed by atoms with Gasteiger partial charge >= 0.3 is 0 Å². The Morgan fingerprint density at radius 1 is 1.37 bits per heavy atom. The number of nitrogens with one attached hydrogen (secondary N) is 1. The number of hydrogen-bond acceptors (Lipinski definition) is 4. The van der Waals surface area contributed by atoms with Gasteiger partial charge in [0.15, 0.2) is 0 Å². The zero-order valence-corrected chi connectivity index (χ0v) is 11.6. The van der Waals surface area contributed by atoms with Crippen LogP contribution >= 0.6 is 0 Å². The highest BCUT2D eigenvalue weighted by atomic mass is 16.5. The summed E-state index contributed by atoms with van der Waals surface area (Å²) in [5.41, 5.74) is 1.16. The lowest BCUT2D eigenvalue weighted by Crippen LogP contribution is -2.40. The normalized spacial score (nSPS) is 23.5. The second-order valence-corrected chi connectivity index (χ2v) is 5.13. The molecule has 0 saturated carbocycles. The Balaban J connectivity index is 2.22. The minimum Gasteiger partial charge on any atom is -0.497 e. The molecule has 4 heteroatoms. The van der Waals surface area contributed by atoms with E-state index in [4.69, 9.17) is 10.00 Å². The van der Waals surface area contributed by atoms with Crippen molar-refractivity contribution >= 4 is 5.69 Å². The molecule has 2 rings (SSSR count). The molecule has 0 bridgehead atoms. The van der Waals surface area contributed by atoms with Crippen LogP contribution in [0.4, 0.5) is 5.69 Å². The predicted octanol–water partition coefficient (Wildman–Crippen LogP) is 2.02. The van der Waals surface area contributed by atoms with Crippen molar-refractivity contribution in [2.45, 2.75) is 19.4 Å². The molecule has 19 heavy (non-hydrogen) atoms. The molecular formula is C15H21N3O. The molecule has 0 aliphatic carbocycles. The molecule has 102 valence electrons. The topological polar surface area (TPSA) is 48.3 Å². The van der Waals surface area contributed by atoms with E-state index in [0.717, 1.165) is 31.1 Å². The van der Waals surface area contributed by atoms with E-state index >= 15 is 0 Å². The summed E-state index contributed by atoms with van der Waals surface area (Å²) in [6.07, 6.45) is 0.547. The number of rotatable bonds is 3. The Bertz CT molecular complexity index is 438. The van der Waals surface area contributed by atoms with Gasteiger partial charge in [0.05, 0.1) is 25.6 Å². The summed E-state index contributed by atoms with van der Waals surface area (Å²) in [5, 5.41) is 12.4. The average molecular weight is 259 g/mol. The van der Waals surface area contributed by atoms with Gasteiger partial charge in [0.2, 0.25) is 0 Å². The van der Waals surface area contributed by atoms with Crippen molar-refractivity contribution in [2.24, 2.45) is 5.92 Å². The largest absolute Gasteiger partial charge is 0.497 e. The first-order chi connectivity index (χ1) is 9.24. The summed E-state index contributed by atoms with van der Waals surface area (Å²) in [4.78, 5) is 2.34. The van der Waals surface area contributed by atoms with Gasteiger partial charge in [-0.25, -0.2) is 0 Å². The Hall–Kier alpha value is -1.73. The Morgan fingerprint density at radius 2 is 2.11 bits per heavy atom. The van der Waals surface area contributed by atoms with Crippen molar-refractivity contribution in [3.63, 3.8) is 0 Å². The quantitative estimate of drug-likeness (QED) is 0.902. The summed E-state index contributed by atoms with van der Waals surface area (Å²) in [5.74, 6) is 1.44. The molecule has 1 heterocycles. The van der Waals surface area contributed by atoms with Crippen molar-refractivity contribution in [2.75, 3.05) is 31.6 Å². The smallest absolute Gasteiger partial charge is 0.119 e. The lowest BCUT2D eigenvalue weighted by Gasteiger charge is -2.31. The lowest BCUT2D eigenvalue weighted by molar-refractivity contribution is 0.414. The van der Waals surface area contributed by atoms with Gasteiger partial charge in [0, 0.05) is 18.8 Å². The summed E-state index contributed by atoms with van der Waals surface area (Å²) >= 11 is 0. The van der Waals surface area contributed by atoms with E-state index in [1.807, 2.05) is 12.1 Å². The van der Waals surface area contributed by atoms with Gasteiger partial charge in [-0.15, -0.1) is 0 Å². The van der Waals surface area contributed by atoms with E-state index in [0.29, 0.717) is 12.3 Å². The molecule has 1 fully saturated rings. The van der Waals surface area contributed by atoms with E-state index in [1.54, 1.807) is 7.11 Å². The van der Waals surface area contributed by atoms with E-state index in [9.17, 15) is 0 Å². The number of hydrogen-bond donors (Lipinski definition) is 1. The van der Waals surface area contributed by atoms with Crippen LogP contribution in [0.1, 0.15) is 13.3 Å². The molecule has 1 aliphatic heterocycles. The summed E-state index contributed by atoms with van der Waals surface area (Å²) in [6, 6.07) is 10.6. The monoisotopic (exact) mass is 259 g/mol. The Morgan fingerprint density at radius 3 is 2.74 bits per heavy atom. The highest BCUT2D eigenvalue weighted by molar-refractivity contribution is 5.50. The molecule has 2 atom stereocenters. The molecular weight excluding hydrogens is 238 g/mol. The maximum absolute atomic E-state index is 9.00. The van der Waals surface area contributed by atoms with Gasteiger partial charge in [-0.3, -0.25) is 0 Å². The molecule has 1 aromatic carbocycles. The third-order valence-corrected chi connectivity index (χ3v) is 3.55. The fourth-order valence-electron chi connectivity index (χ4n) is 2.53. The van der Waals surface area contributed by atoms with Crippen LogP contribution < -0.4 is 15.0 Å². The molecule has 0 aromatic heterocycles. The highest BCUT2D eigenvalue weighted by Gasteiger charge is 2.23.